The van der Waals surface area contributed by atoms with Crippen LogP contribution in [0.1, 0.15) is 37.1 Å². The number of piperidine rings is 1. The van der Waals surface area contributed by atoms with Crippen molar-refractivity contribution >= 4 is 37.6 Å². The van der Waals surface area contributed by atoms with Gasteiger partial charge in [0.25, 0.3) is 11.5 Å². The second kappa shape index (κ2) is 10.1. The van der Waals surface area contributed by atoms with Crippen LogP contribution in [-0.4, -0.2) is 53.7 Å². The van der Waals surface area contributed by atoms with Gasteiger partial charge in [-0.2, -0.15) is 0 Å². The number of nitrogens with zero attached hydrogens (tertiary/aromatic N) is 1. The number of nitrogens with one attached hydrogen (secondary N) is 2. The fourth-order valence-corrected chi connectivity index (χ4v) is 6.07. The van der Waals surface area contributed by atoms with Gasteiger partial charge in [0.1, 0.15) is 5.37 Å². The number of aliphatic carboxylic acids is 1. The van der Waals surface area contributed by atoms with Crippen LogP contribution >= 0.6 is 0 Å². The standard InChI is InChI=1S/C24H25N3O3S.C2H4O2/c1-31(29,30)24(27-11-5-2-6-12-27)17-9-10-21-18(13-17)15-22(25-21)19-14-16-7-3-4-8-20(16)26-23(19)28;1-2(3)4/h3-4,7-10,13-15,24-25H,2,5-6,11-12H2,1H3,(H,26,28);1H3,(H,3,4). The number of carboxylic acid groups (broad SMARTS) is 1. The predicted octanol–water partition coefficient (Wildman–Crippen LogP) is 4.30. The van der Waals surface area contributed by atoms with E-state index >= 15 is 0 Å². The molecule has 1 fully saturated rings. The highest BCUT2D eigenvalue weighted by Crippen LogP contribution is 2.32. The molecule has 2 aromatic carbocycles. The van der Waals surface area contributed by atoms with Gasteiger partial charge in [-0.25, -0.2) is 8.42 Å². The van der Waals surface area contributed by atoms with E-state index in [0.717, 1.165) is 66.6 Å². The second-order valence-corrected chi connectivity index (χ2v) is 11.0. The summed E-state index contributed by atoms with van der Waals surface area (Å²) in [5, 5.41) is 8.63. The van der Waals surface area contributed by atoms with Crippen LogP contribution in [0.5, 0.6) is 0 Å². The molecule has 184 valence electrons. The summed E-state index contributed by atoms with van der Waals surface area (Å²) in [6, 6.07) is 17.2. The van der Waals surface area contributed by atoms with Crippen LogP contribution in [0.25, 0.3) is 33.1 Å². The molecule has 35 heavy (non-hydrogen) atoms. The fraction of sp³-hybridized carbons (Fsp3) is 0.308. The number of aromatic amines is 2. The summed E-state index contributed by atoms with van der Waals surface area (Å²) in [5.41, 5.74) is 3.56. The Morgan fingerprint density at radius 3 is 2.29 bits per heavy atom. The molecule has 1 aliphatic rings. The molecule has 1 aliphatic heterocycles. The van der Waals surface area contributed by atoms with E-state index < -0.39 is 21.2 Å². The van der Waals surface area contributed by atoms with E-state index in [-0.39, 0.29) is 5.56 Å². The molecule has 1 unspecified atom stereocenters. The van der Waals surface area contributed by atoms with Crippen molar-refractivity contribution in [3.8, 4) is 11.3 Å². The molecule has 2 aromatic heterocycles. The number of carboxylic acids is 1. The lowest BCUT2D eigenvalue weighted by atomic mass is 10.1. The number of rotatable bonds is 4. The second-order valence-electron chi connectivity index (χ2n) is 8.93. The third kappa shape index (κ3) is 5.63. The van der Waals surface area contributed by atoms with Crippen LogP contribution in [0.15, 0.2) is 59.4 Å². The molecule has 9 heteroatoms. The molecular formula is C26H29N3O5S. The number of pyridine rings is 1. The monoisotopic (exact) mass is 495 g/mol. The topological polar surface area (TPSA) is 123 Å². The molecular weight excluding hydrogens is 466 g/mol. The lowest BCUT2D eigenvalue weighted by Gasteiger charge is -2.33. The molecule has 0 amide bonds. The van der Waals surface area contributed by atoms with E-state index in [1.54, 1.807) is 0 Å². The number of para-hydroxylation sites is 1. The van der Waals surface area contributed by atoms with Gasteiger partial charge in [-0.1, -0.05) is 30.7 Å². The summed E-state index contributed by atoms with van der Waals surface area (Å²) in [4.78, 5) is 30.0. The average molecular weight is 496 g/mol. The van der Waals surface area contributed by atoms with Gasteiger partial charge in [0.2, 0.25) is 0 Å². The Labute approximate surface area is 203 Å². The first-order valence-corrected chi connectivity index (χ1v) is 13.5. The largest absolute Gasteiger partial charge is 0.481 e. The number of sulfone groups is 1. The number of H-pyrrole nitrogens is 2. The maximum absolute atomic E-state index is 12.7. The van der Waals surface area contributed by atoms with Crippen LogP contribution in [0.4, 0.5) is 0 Å². The third-order valence-corrected chi connectivity index (χ3v) is 7.48. The average Bonchev–Trinajstić information content (AvgIpc) is 3.21. The molecule has 5 rings (SSSR count). The van der Waals surface area contributed by atoms with Crippen molar-refractivity contribution in [2.24, 2.45) is 0 Å². The van der Waals surface area contributed by atoms with Crippen molar-refractivity contribution in [1.29, 1.82) is 0 Å². The number of likely N-dealkylation sites (tertiary alicyclic amines) is 1. The van der Waals surface area contributed by atoms with Crippen molar-refractivity contribution in [3.05, 3.63) is 70.5 Å². The van der Waals surface area contributed by atoms with Crippen molar-refractivity contribution in [2.45, 2.75) is 31.6 Å². The molecule has 1 atom stereocenters. The lowest BCUT2D eigenvalue weighted by molar-refractivity contribution is -0.134. The van der Waals surface area contributed by atoms with Crippen LogP contribution in [0.3, 0.4) is 0 Å². The number of aromatic nitrogens is 2. The zero-order chi connectivity index (χ0) is 25.2. The Kier molecular flexibility index (Phi) is 7.09. The fourth-order valence-electron chi connectivity index (χ4n) is 4.68. The van der Waals surface area contributed by atoms with E-state index in [2.05, 4.69) is 14.9 Å². The molecule has 4 aromatic rings. The summed E-state index contributed by atoms with van der Waals surface area (Å²) in [6.07, 6.45) is 4.50. The Balaban J connectivity index is 0.000000672. The number of hydrogen-bond donors (Lipinski definition) is 3. The minimum absolute atomic E-state index is 0.159. The number of fused-ring (bicyclic) bond motifs is 2. The quantitative estimate of drug-likeness (QED) is 0.388. The van der Waals surface area contributed by atoms with Crippen LogP contribution in [-0.2, 0) is 14.6 Å². The zero-order valence-electron chi connectivity index (χ0n) is 19.7. The number of hydrogen-bond acceptors (Lipinski definition) is 5. The van der Waals surface area contributed by atoms with Crippen molar-refractivity contribution in [1.82, 2.24) is 14.9 Å². The van der Waals surface area contributed by atoms with E-state index in [0.29, 0.717) is 11.3 Å². The molecule has 3 N–H and O–H groups in total. The molecule has 8 nitrogen and oxygen atoms in total. The minimum atomic E-state index is -3.30. The predicted molar refractivity (Wildman–Crippen MR) is 138 cm³/mol. The van der Waals surface area contributed by atoms with E-state index in [4.69, 9.17) is 9.90 Å². The Morgan fingerprint density at radius 2 is 1.60 bits per heavy atom. The van der Waals surface area contributed by atoms with Gasteiger partial charge in [-0.05, 0) is 67.2 Å². The minimum Gasteiger partial charge on any atom is -0.481 e. The highest BCUT2D eigenvalue weighted by Gasteiger charge is 2.30. The van der Waals surface area contributed by atoms with E-state index in [1.165, 1.54) is 6.26 Å². The van der Waals surface area contributed by atoms with Gasteiger partial charge in [-0.3, -0.25) is 14.5 Å². The van der Waals surface area contributed by atoms with Gasteiger partial charge >= 0.3 is 0 Å². The van der Waals surface area contributed by atoms with Gasteiger partial charge < -0.3 is 15.1 Å². The summed E-state index contributed by atoms with van der Waals surface area (Å²) in [6.45, 7) is 2.67. The first kappa shape index (κ1) is 24.7. The molecule has 0 saturated carbocycles. The van der Waals surface area contributed by atoms with Gasteiger partial charge in [0.15, 0.2) is 9.84 Å². The van der Waals surface area contributed by atoms with E-state index in [1.807, 2.05) is 54.6 Å². The lowest BCUT2D eigenvalue weighted by Crippen LogP contribution is -2.37. The Hall–Kier alpha value is -3.43. The summed E-state index contributed by atoms with van der Waals surface area (Å²) in [7, 11) is -3.30. The van der Waals surface area contributed by atoms with Gasteiger partial charge in [0.05, 0.1) is 11.3 Å². The maximum Gasteiger partial charge on any atom is 0.300 e. The molecule has 0 aliphatic carbocycles. The smallest absolute Gasteiger partial charge is 0.300 e. The number of carbonyl (C=O) groups is 1. The van der Waals surface area contributed by atoms with E-state index in [9.17, 15) is 13.2 Å². The normalized spacial score (nSPS) is 15.5. The summed E-state index contributed by atoms with van der Waals surface area (Å²) < 4.78 is 25.3. The van der Waals surface area contributed by atoms with Crippen molar-refractivity contribution in [3.63, 3.8) is 0 Å². The summed E-state index contributed by atoms with van der Waals surface area (Å²) in [5.74, 6) is -0.833. The molecule has 1 saturated heterocycles. The van der Waals surface area contributed by atoms with Crippen LogP contribution in [0, 0.1) is 0 Å². The Bertz CT molecular complexity index is 1530. The third-order valence-electron chi connectivity index (χ3n) is 6.10. The zero-order valence-corrected chi connectivity index (χ0v) is 20.6. The van der Waals surface area contributed by atoms with Gasteiger partial charge in [-0.15, -0.1) is 0 Å². The molecule has 3 heterocycles. The SMILES string of the molecule is CC(=O)O.CS(=O)(=O)C(c1ccc2[nH]c(-c3cc4ccccc4[nH]c3=O)cc2c1)N1CCCCC1. The van der Waals surface area contributed by atoms with Gasteiger partial charge in [0, 0.05) is 29.6 Å². The molecule has 0 spiro atoms. The highest BCUT2D eigenvalue weighted by molar-refractivity contribution is 7.90. The van der Waals surface area contributed by atoms with Crippen molar-refractivity contribution < 1.29 is 18.3 Å². The molecule has 0 bridgehead atoms. The van der Waals surface area contributed by atoms with Crippen LogP contribution < -0.4 is 5.56 Å². The summed E-state index contributed by atoms with van der Waals surface area (Å²) >= 11 is 0. The van der Waals surface area contributed by atoms with Crippen molar-refractivity contribution in [2.75, 3.05) is 19.3 Å². The molecule has 0 radical (unpaired) electrons. The Morgan fingerprint density at radius 1 is 0.943 bits per heavy atom. The first-order valence-electron chi connectivity index (χ1n) is 11.5. The maximum atomic E-state index is 12.7. The first-order chi connectivity index (χ1) is 16.6. The highest BCUT2D eigenvalue weighted by atomic mass is 32.2. The number of benzene rings is 2. The van der Waals surface area contributed by atoms with Crippen LogP contribution in [0.2, 0.25) is 0 Å².